The van der Waals surface area contributed by atoms with Gasteiger partial charge >= 0.3 is 17.9 Å². The second-order valence-electron chi connectivity index (χ2n) is 9.68. The van der Waals surface area contributed by atoms with Crippen molar-refractivity contribution in [1.29, 1.82) is 0 Å². The third kappa shape index (κ3) is 13.1. The fourth-order valence-corrected chi connectivity index (χ4v) is 3.86. The van der Waals surface area contributed by atoms with Crippen molar-refractivity contribution in [3.63, 3.8) is 0 Å². The molecule has 0 heterocycles. The number of unbranched alkanes of at least 4 members (excludes halogenated alkanes) is 3. The van der Waals surface area contributed by atoms with Crippen LogP contribution in [0.5, 0.6) is 0 Å². The van der Waals surface area contributed by atoms with Gasteiger partial charge in [0.1, 0.15) is 11.2 Å². The average Bonchev–Trinajstić information content (AvgIpc) is 2.83. The molecule has 0 radical (unpaired) electrons. The third-order valence-electron chi connectivity index (χ3n) is 6.73. The van der Waals surface area contributed by atoms with Crippen LogP contribution in [0.2, 0.25) is 0 Å². The molecule has 0 aromatic heterocycles. The van der Waals surface area contributed by atoms with E-state index in [0.717, 1.165) is 57.8 Å². The summed E-state index contributed by atoms with van der Waals surface area (Å²) in [6.45, 7) is 12.0. The van der Waals surface area contributed by atoms with Crippen LogP contribution in [0.25, 0.3) is 0 Å². The SMILES string of the molecule is CCCCOC(=O)C(CC(=O)OCC(CC)CCCC)(CC(=O)OCC(CC)CCCC)C(C)=O. The monoisotopic (exact) mass is 498 g/mol. The van der Waals surface area contributed by atoms with Gasteiger partial charge in [-0.05, 0) is 38.0 Å². The number of ketones is 1. The molecule has 0 aromatic rings. The quantitative estimate of drug-likeness (QED) is 0.0804. The lowest BCUT2D eigenvalue weighted by Crippen LogP contribution is -2.44. The molecule has 204 valence electrons. The molecule has 35 heavy (non-hydrogen) atoms. The van der Waals surface area contributed by atoms with Crippen LogP contribution in [0.1, 0.15) is 119 Å². The number of esters is 3. The van der Waals surface area contributed by atoms with Crippen molar-refractivity contribution in [2.24, 2.45) is 17.3 Å². The van der Waals surface area contributed by atoms with Crippen LogP contribution in [0.15, 0.2) is 0 Å². The standard InChI is InChI=1S/C28H50O7/c1-7-12-15-23(10-4)20-34-25(30)18-28(22(6)29,27(32)33-17-14-9-3)19-26(31)35-21-24(11-5)16-13-8-2/h23-24H,7-21H2,1-6H3. The molecular formula is C28H50O7. The summed E-state index contributed by atoms with van der Waals surface area (Å²) in [5.41, 5.74) is -1.93. The zero-order chi connectivity index (χ0) is 26.7. The minimum absolute atomic E-state index is 0.123. The molecule has 7 heteroatoms. The van der Waals surface area contributed by atoms with E-state index in [9.17, 15) is 19.2 Å². The lowest BCUT2D eigenvalue weighted by molar-refractivity contribution is -0.172. The van der Waals surface area contributed by atoms with Gasteiger partial charge in [0, 0.05) is 0 Å². The number of hydrogen-bond acceptors (Lipinski definition) is 7. The van der Waals surface area contributed by atoms with Gasteiger partial charge in [-0.1, -0.05) is 79.6 Å². The van der Waals surface area contributed by atoms with Crippen LogP contribution in [0.4, 0.5) is 0 Å². The summed E-state index contributed by atoms with van der Waals surface area (Å²) < 4.78 is 16.3. The van der Waals surface area contributed by atoms with Crippen LogP contribution >= 0.6 is 0 Å². The fraction of sp³-hybridized carbons (Fsp3) is 0.857. The van der Waals surface area contributed by atoms with E-state index in [-0.39, 0.29) is 31.7 Å². The van der Waals surface area contributed by atoms with Crippen LogP contribution < -0.4 is 0 Å². The molecule has 0 aromatic carbocycles. The maximum absolute atomic E-state index is 13.1. The Labute approximate surface area is 213 Å². The Hall–Kier alpha value is -1.92. The van der Waals surface area contributed by atoms with E-state index in [2.05, 4.69) is 13.8 Å². The van der Waals surface area contributed by atoms with Gasteiger partial charge in [-0.15, -0.1) is 0 Å². The minimum Gasteiger partial charge on any atom is -0.465 e. The zero-order valence-corrected chi connectivity index (χ0v) is 23.1. The Morgan fingerprint density at radius 1 is 0.657 bits per heavy atom. The van der Waals surface area contributed by atoms with E-state index in [1.54, 1.807) is 0 Å². The summed E-state index contributed by atoms with van der Waals surface area (Å²) >= 11 is 0. The number of hydrogen-bond donors (Lipinski definition) is 0. The van der Waals surface area contributed by atoms with Gasteiger partial charge in [0.25, 0.3) is 0 Å². The summed E-state index contributed by atoms with van der Waals surface area (Å²) in [5.74, 6) is -2.36. The first-order valence-electron chi connectivity index (χ1n) is 13.7. The zero-order valence-electron chi connectivity index (χ0n) is 23.1. The van der Waals surface area contributed by atoms with E-state index >= 15 is 0 Å². The molecule has 0 aliphatic rings. The number of carbonyl (C=O) groups excluding carboxylic acids is 4. The minimum atomic E-state index is -1.93. The van der Waals surface area contributed by atoms with Gasteiger partial charge in [0.15, 0.2) is 0 Å². The number of rotatable bonds is 21. The topological polar surface area (TPSA) is 96.0 Å². The van der Waals surface area contributed by atoms with Gasteiger partial charge in [-0.25, -0.2) is 0 Å². The van der Waals surface area contributed by atoms with Crippen LogP contribution in [0.3, 0.4) is 0 Å². The van der Waals surface area contributed by atoms with E-state index < -0.39 is 41.9 Å². The average molecular weight is 499 g/mol. The molecule has 0 rings (SSSR count). The van der Waals surface area contributed by atoms with E-state index in [4.69, 9.17) is 14.2 Å². The molecule has 0 aliphatic carbocycles. The summed E-state index contributed by atoms with van der Waals surface area (Å²) in [7, 11) is 0. The molecule has 2 unspecified atom stereocenters. The second kappa shape index (κ2) is 19.3. The second-order valence-corrected chi connectivity index (χ2v) is 9.68. The van der Waals surface area contributed by atoms with Gasteiger partial charge < -0.3 is 14.2 Å². The molecule has 0 fully saturated rings. The predicted octanol–water partition coefficient (Wildman–Crippen LogP) is 6.20. The molecule has 7 nitrogen and oxygen atoms in total. The molecular weight excluding hydrogens is 448 g/mol. The Morgan fingerprint density at radius 3 is 1.43 bits per heavy atom. The number of carbonyl (C=O) groups is 4. The van der Waals surface area contributed by atoms with Gasteiger partial charge in [0.2, 0.25) is 0 Å². The molecule has 0 saturated carbocycles. The Bertz CT molecular complexity index is 595. The molecule has 0 spiro atoms. The normalized spacial score (nSPS) is 14.5. The Kier molecular flexibility index (Phi) is 18.2. The first-order chi connectivity index (χ1) is 16.7. The number of Topliss-reactive ketones (excluding diaryl/α,β-unsaturated/α-hetero) is 1. The lowest BCUT2D eigenvalue weighted by atomic mass is 9.77. The highest BCUT2D eigenvalue weighted by Gasteiger charge is 2.49. The first-order valence-corrected chi connectivity index (χ1v) is 13.7. The van der Waals surface area contributed by atoms with Crippen molar-refractivity contribution in [3.05, 3.63) is 0 Å². The van der Waals surface area contributed by atoms with Crippen LogP contribution in [0, 0.1) is 17.3 Å². The molecule has 0 bridgehead atoms. The van der Waals surface area contributed by atoms with E-state index in [0.29, 0.717) is 6.42 Å². The summed E-state index contributed by atoms with van der Waals surface area (Å²) in [6, 6.07) is 0. The molecule has 2 atom stereocenters. The Balaban J connectivity index is 5.47. The Morgan fingerprint density at radius 2 is 1.09 bits per heavy atom. The van der Waals surface area contributed by atoms with Crippen molar-refractivity contribution >= 4 is 23.7 Å². The van der Waals surface area contributed by atoms with Gasteiger partial charge in [-0.2, -0.15) is 0 Å². The summed E-state index contributed by atoms with van der Waals surface area (Å²) in [4.78, 5) is 51.4. The van der Waals surface area contributed by atoms with Crippen molar-refractivity contribution in [2.75, 3.05) is 19.8 Å². The van der Waals surface area contributed by atoms with Crippen LogP contribution in [-0.4, -0.2) is 43.5 Å². The van der Waals surface area contributed by atoms with E-state index in [1.807, 2.05) is 20.8 Å². The third-order valence-corrected chi connectivity index (χ3v) is 6.73. The predicted molar refractivity (Wildman–Crippen MR) is 137 cm³/mol. The lowest BCUT2D eigenvalue weighted by Gasteiger charge is -2.28. The van der Waals surface area contributed by atoms with Crippen molar-refractivity contribution in [2.45, 2.75) is 119 Å². The molecule has 0 amide bonds. The smallest absolute Gasteiger partial charge is 0.320 e. The molecule has 0 aliphatic heterocycles. The van der Waals surface area contributed by atoms with E-state index in [1.165, 1.54) is 6.92 Å². The first kappa shape index (κ1) is 33.1. The van der Waals surface area contributed by atoms with Crippen molar-refractivity contribution in [1.82, 2.24) is 0 Å². The van der Waals surface area contributed by atoms with Gasteiger partial charge in [-0.3, -0.25) is 19.2 Å². The highest BCUT2D eigenvalue weighted by Crippen LogP contribution is 2.32. The van der Waals surface area contributed by atoms with Crippen molar-refractivity contribution in [3.8, 4) is 0 Å². The number of ether oxygens (including phenoxy) is 3. The molecule has 0 N–H and O–H groups in total. The maximum Gasteiger partial charge on any atom is 0.320 e. The summed E-state index contributed by atoms with van der Waals surface area (Å²) in [6.07, 6.45) is 8.19. The van der Waals surface area contributed by atoms with Crippen molar-refractivity contribution < 1.29 is 33.4 Å². The van der Waals surface area contributed by atoms with Crippen LogP contribution in [-0.2, 0) is 33.4 Å². The van der Waals surface area contributed by atoms with Gasteiger partial charge in [0.05, 0.1) is 32.7 Å². The highest BCUT2D eigenvalue weighted by atomic mass is 16.5. The molecule has 0 saturated heterocycles. The largest absolute Gasteiger partial charge is 0.465 e. The fourth-order valence-electron chi connectivity index (χ4n) is 3.86. The maximum atomic E-state index is 13.1. The summed E-state index contributed by atoms with van der Waals surface area (Å²) in [5, 5.41) is 0. The highest BCUT2D eigenvalue weighted by molar-refractivity contribution is 6.07.